The largest absolute Gasteiger partial charge is 0.394 e. The van der Waals surface area contributed by atoms with Crippen LogP contribution in [0.5, 0.6) is 0 Å². The zero-order valence-corrected chi connectivity index (χ0v) is 14.1. The molecular weight excluding hydrogens is 290 g/mol. The van der Waals surface area contributed by atoms with Crippen LogP contribution in [-0.4, -0.2) is 48.3 Å². The number of nitrogens with zero attached hydrogens (tertiary/aromatic N) is 1. The molecule has 2 rings (SSSR count). The number of carbonyl (C=O) groups excluding carboxylic acids is 1. The van der Waals surface area contributed by atoms with E-state index in [0.29, 0.717) is 6.54 Å². The van der Waals surface area contributed by atoms with E-state index >= 15 is 0 Å². The Morgan fingerprint density at radius 2 is 1.96 bits per heavy atom. The Hall–Kier alpha value is -1.59. The SMILES string of the molecule is CN(CCCNC(=O)NC1(CO)CCCC1)Cc1ccccc1. The lowest BCUT2D eigenvalue weighted by Crippen LogP contribution is -2.53. The summed E-state index contributed by atoms with van der Waals surface area (Å²) in [7, 11) is 2.09. The van der Waals surface area contributed by atoms with Gasteiger partial charge in [0.2, 0.25) is 0 Å². The lowest BCUT2D eigenvalue weighted by atomic mass is 9.99. The van der Waals surface area contributed by atoms with Gasteiger partial charge in [-0.2, -0.15) is 0 Å². The molecule has 0 unspecified atom stereocenters. The lowest BCUT2D eigenvalue weighted by molar-refractivity contribution is 0.162. The van der Waals surface area contributed by atoms with Crippen LogP contribution in [0.1, 0.15) is 37.7 Å². The highest BCUT2D eigenvalue weighted by molar-refractivity contribution is 5.74. The van der Waals surface area contributed by atoms with Crippen LogP contribution in [0, 0.1) is 0 Å². The van der Waals surface area contributed by atoms with E-state index in [-0.39, 0.29) is 12.6 Å². The number of hydrogen-bond donors (Lipinski definition) is 3. The van der Waals surface area contributed by atoms with Gasteiger partial charge in [-0.25, -0.2) is 4.79 Å². The summed E-state index contributed by atoms with van der Waals surface area (Å²) < 4.78 is 0. The third-order valence-electron chi connectivity index (χ3n) is 4.54. The molecule has 1 aromatic rings. The first-order chi connectivity index (χ1) is 11.1. The smallest absolute Gasteiger partial charge is 0.315 e. The fraction of sp³-hybridized carbons (Fsp3) is 0.611. The Bertz CT molecular complexity index is 472. The number of aliphatic hydroxyl groups is 1. The maximum absolute atomic E-state index is 12.0. The number of hydrogen-bond acceptors (Lipinski definition) is 3. The summed E-state index contributed by atoms with van der Waals surface area (Å²) in [6.07, 6.45) is 4.80. The van der Waals surface area contributed by atoms with E-state index in [1.165, 1.54) is 5.56 Å². The van der Waals surface area contributed by atoms with Crippen LogP contribution in [0.25, 0.3) is 0 Å². The fourth-order valence-corrected chi connectivity index (χ4v) is 3.18. The maximum Gasteiger partial charge on any atom is 0.315 e. The van der Waals surface area contributed by atoms with Crippen LogP contribution >= 0.6 is 0 Å². The molecule has 5 heteroatoms. The van der Waals surface area contributed by atoms with Gasteiger partial charge in [-0.3, -0.25) is 0 Å². The predicted molar refractivity (Wildman–Crippen MR) is 92.2 cm³/mol. The highest BCUT2D eigenvalue weighted by Gasteiger charge is 2.34. The normalized spacial score (nSPS) is 16.5. The number of aliphatic hydroxyl groups excluding tert-OH is 1. The Morgan fingerprint density at radius 3 is 2.61 bits per heavy atom. The zero-order chi connectivity index (χ0) is 16.5. The van der Waals surface area contributed by atoms with Crippen molar-refractivity contribution < 1.29 is 9.90 Å². The molecule has 0 radical (unpaired) electrons. The lowest BCUT2D eigenvalue weighted by Gasteiger charge is -2.28. The van der Waals surface area contributed by atoms with Crippen LogP contribution in [0.15, 0.2) is 30.3 Å². The van der Waals surface area contributed by atoms with E-state index < -0.39 is 5.54 Å². The summed E-state index contributed by atoms with van der Waals surface area (Å²) in [5, 5.41) is 15.4. The molecule has 5 nitrogen and oxygen atoms in total. The molecule has 0 aliphatic heterocycles. The number of amides is 2. The first-order valence-electron chi connectivity index (χ1n) is 8.53. The highest BCUT2D eigenvalue weighted by atomic mass is 16.3. The fourth-order valence-electron chi connectivity index (χ4n) is 3.18. The minimum atomic E-state index is -0.395. The van der Waals surface area contributed by atoms with E-state index in [2.05, 4.69) is 46.8 Å². The molecular formula is C18H29N3O2. The van der Waals surface area contributed by atoms with Crippen molar-refractivity contribution in [2.75, 3.05) is 26.7 Å². The van der Waals surface area contributed by atoms with Crippen LogP contribution in [0.3, 0.4) is 0 Å². The molecule has 0 atom stereocenters. The Kier molecular flexibility index (Phi) is 6.86. The van der Waals surface area contributed by atoms with Crippen molar-refractivity contribution in [3.8, 4) is 0 Å². The van der Waals surface area contributed by atoms with E-state index in [9.17, 15) is 9.90 Å². The Labute approximate surface area is 139 Å². The van der Waals surface area contributed by atoms with Gasteiger partial charge in [0.15, 0.2) is 0 Å². The minimum absolute atomic E-state index is 0.0280. The Morgan fingerprint density at radius 1 is 1.26 bits per heavy atom. The quantitative estimate of drug-likeness (QED) is 0.643. The monoisotopic (exact) mass is 319 g/mol. The van der Waals surface area contributed by atoms with Gasteiger partial charge in [-0.1, -0.05) is 43.2 Å². The van der Waals surface area contributed by atoms with Crippen LogP contribution < -0.4 is 10.6 Å². The van der Waals surface area contributed by atoms with Gasteiger partial charge in [0.25, 0.3) is 0 Å². The molecule has 1 saturated carbocycles. The molecule has 1 aliphatic carbocycles. The first kappa shape index (κ1) is 17.8. The second-order valence-electron chi connectivity index (χ2n) is 6.60. The first-order valence-corrected chi connectivity index (χ1v) is 8.53. The molecule has 0 spiro atoms. The summed E-state index contributed by atoms with van der Waals surface area (Å²) in [6.45, 7) is 2.52. The van der Waals surface area contributed by atoms with Crippen LogP contribution in [0.4, 0.5) is 4.79 Å². The van der Waals surface area contributed by atoms with Crippen molar-refractivity contribution in [3.63, 3.8) is 0 Å². The summed E-state index contributed by atoms with van der Waals surface area (Å²) in [6, 6.07) is 10.2. The molecule has 0 heterocycles. The predicted octanol–water partition coefficient (Wildman–Crippen LogP) is 2.11. The molecule has 3 N–H and O–H groups in total. The van der Waals surface area contributed by atoms with Crippen LogP contribution in [0.2, 0.25) is 0 Å². The average molecular weight is 319 g/mol. The molecule has 23 heavy (non-hydrogen) atoms. The van der Waals surface area contributed by atoms with Gasteiger partial charge in [0.05, 0.1) is 12.1 Å². The van der Waals surface area contributed by atoms with Gasteiger partial charge in [-0.05, 0) is 38.4 Å². The topological polar surface area (TPSA) is 64.6 Å². The number of carbonyl (C=O) groups is 1. The van der Waals surface area contributed by atoms with Crippen molar-refractivity contribution in [2.45, 2.75) is 44.2 Å². The minimum Gasteiger partial charge on any atom is -0.394 e. The summed E-state index contributed by atoms with van der Waals surface area (Å²) in [5.41, 5.74) is 0.903. The molecule has 1 fully saturated rings. The summed E-state index contributed by atoms with van der Waals surface area (Å²) in [5.74, 6) is 0. The Balaban J connectivity index is 1.60. The number of nitrogens with one attached hydrogen (secondary N) is 2. The van der Waals surface area contributed by atoms with E-state index in [1.54, 1.807) is 0 Å². The zero-order valence-electron chi connectivity index (χ0n) is 14.1. The van der Waals surface area contributed by atoms with Gasteiger partial charge < -0.3 is 20.6 Å². The standard InChI is InChI=1S/C18H29N3O2/c1-21(14-16-8-3-2-4-9-16)13-7-12-19-17(23)20-18(15-22)10-5-6-11-18/h2-4,8-9,22H,5-7,10-15H2,1H3,(H2,19,20,23). The van der Waals surface area contributed by atoms with Crippen molar-refractivity contribution >= 4 is 6.03 Å². The summed E-state index contributed by atoms with van der Waals surface area (Å²) >= 11 is 0. The van der Waals surface area contributed by atoms with Crippen molar-refractivity contribution in [1.29, 1.82) is 0 Å². The third-order valence-corrected chi connectivity index (χ3v) is 4.54. The number of benzene rings is 1. The summed E-state index contributed by atoms with van der Waals surface area (Å²) in [4.78, 5) is 14.2. The van der Waals surface area contributed by atoms with E-state index in [4.69, 9.17) is 0 Å². The molecule has 128 valence electrons. The number of rotatable bonds is 8. The van der Waals surface area contributed by atoms with Gasteiger partial charge in [0.1, 0.15) is 0 Å². The molecule has 0 aromatic heterocycles. The molecule has 1 aliphatic rings. The van der Waals surface area contributed by atoms with Crippen molar-refractivity contribution in [1.82, 2.24) is 15.5 Å². The second kappa shape index (κ2) is 8.89. The second-order valence-corrected chi connectivity index (χ2v) is 6.60. The molecule has 2 amide bonds. The number of urea groups is 1. The van der Waals surface area contributed by atoms with Crippen LogP contribution in [-0.2, 0) is 6.54 Å². The molecule has 0 saturated heterocycles. The van der Waals surface area contributed by atoms with Crippen molar-refractivity contribution in [3.05, 3.63) is 35.9 Å². The maximum atomic E-state index is 12.0. The molecule has 1 aromatic carbocycles. The highest BCUT2D eigenvalue weighted by Crippen LogP contribution is 2.28. The third kappa shape index (κ3) is 5.84. The van der Waals surface area contributed by atoms with E-state index in [0.717, 1.165) is 45.2 Å². The average Bonchev–Trinajstić information content (AvgIpc) is 3.01. The molecule has 0 bridgehead atoms. The van der Waals surface area contributed by atoms with Gasteiger partial charge in [0, 0.05) is 13.1 Å². The van der Waals surface area contributed by atoms with Gasteiger partial charge >= 0.3 is 6.03 Å². The van der Waals surface area contributed by atoms with E-state index in [1.807, 2.05) is 6.07 Å². The van der Waals surface area contributed by atoms with Gasteiger partial charge in [-0.15, -0.1) is 0 Å². The van der Waals surface area contributed by atoms with Crippen molar-refractivity contribution in [2.24, 2.45) is 0 Å².